The molecular formula is C44H59N6O2+. The predicted molar refractivity (Wildman–Crippen MR) is 219 cm³/mol. The van der Waals surface area contributed by atoms with E-state index >= 15 is 0 Å². The maximum atomic E-state index is 12.5. The molecule has 276 valence electrons. The smallest absolute Gasteiger partial charge is 0.219 e. The number of carbonyl (C=O) groups excluding carboxylic acids is 2. The Kier molecular flexibility index (Phi) is 14.1. The fourth-order valence-electron chi connectivity index (χ4n) is 6.95. The first-order chi connectivity index (χ1) is 25.2. The second kappa shape index (κ2) is 19.1. The van der Waals surface area contributed by atoms with Gasteiger partial charge in [0.1, 0.15) is 6.54 Å². The van der Waals surface area contributed by atoms with Crippen molar-refractivity contribution in [2.24, 2.45) is 0 Å². The van der Waals surface area contributed by atoms with Crippen LogP contribution in [0, 0.1) is 0 Å². The number of unbranched alkanes of at least 4 members (excludes halogenated alkanes) is 6. The van der Waals surface area contributed by atoms with Crippen LogP contribution in [0.15, 0.2) is 85.6 Å². The zero-order chi connectivity index (χ0) is 36.9. The van der Waals surface area contributed by atoms with Crippen LogP contribution in [0.3, 0.4) is 0 Å². The van der Waals surface area contributed by atoms with Crippen LogP contribution in [0.5, 0.6) is 0 Å². The normalized spacial score (nSPS) is 12.3. The third-order valence-electron chi connectivity index (χ3n) is 10.1. The third kappa shape index (κ3) is 10.6. The van der Waals surface area contributed by atoms with E-state index < -0.39 is 0 Å². The van der Waals surface area contributed by atoms with Crippen molar-refractivity contribution in [1.82, 2.24) is 10.6 Å². The van der Waals surface area contributed by atoms with E-state index in [4.69, 9.17) is 0 Å². The number of para-hydroxylation sites is 1. The molecule has 0 bridgehead atoms. The number of anilines is 3. The minimum absolute atomic E-state index is 0.133. The average molecular weight is 704 g/mol. The lowest BCUT2D eigenvalue weighted by Crippen LogP contribution is -2.36. The molecule has 52 heavy (non-hydrogen) atoms. The molecule has 3 aromatic carbocycles. The Balaban J connectivity index is 0.921. The number of hydrogen-bond donors (Lipinski definition) is 2. The number of carbonyl (C=O) groups is 2. The molecule has 0 saturated heterocycles. The van der Waals surface area contributed by atoms with Gasteiger partial charge in [0.15, 0.2) is 0 Å². The van der Waals surface area contributed by atoms with E-state index in [0.717, 1.165) is 76.5 Å². The van der Waals surface area contributed by atoms with E-state index in [1.165, 1.54) is 44.4 Å². The summed E-state index contributed by atoms with van der Waals surface area (Å²) in [6.45, 7) is 7.38. The van der Waals surface area contributed by atoms with E-state index in [1.807, 2.05) is 0 Å². The number of fused-ring (bicyclic) bond motifs is 3. The first-order valence-corrected chi connectivity index (χ1v) is 19.2. The first-order valence-electron chi connectivity index (χ1n) is 19.2. The molecule has 2 heterocycles. The first kappa shape index (κ1) is 38.4. The predicted octanol–water partition coefficient (Wildman–Crippen LogP) is 7.98. The van der Waals surface area contributed by atoms with E-state index in [2.05, 4.69) is 144 Å². The molecule has 1 aliphatic heterocycles. The number of rotatable bonds is 20. The Hall–Kier alpha value is -4.85. The van der Waals surface area contributed by atoms with Crippen molar-refractivity contribution in [3.8, 4) is 0 Å². The average Bonchev–Trinajstić information content (AvgIpc) is 3.14. The molecule has 0 atom stereocenters. The summed E-state index contributed by atoms with van der Waals surface area (Å²) < 4.78 is 2.46. The number of aromatic nitrogens is 1. The van der Waals surface area contributed by atoms with Gasteiger partial charge in [0, 0.05) is 119 Å². The third-order valence-corrected chi connectivity index (χ3v) is 10.1. The SMILES string of the molecule is C=C1C=CN(CCCCCC(=O)NCCCCCNC(=O)CCCCC[n+]2c3cc(N(C)C)ccc3cc3ccc(N(C)C)cc32)c2ccccc21. The number of benzene rings is 3. The monoisotopic (exact) mass is 703 g/mol. The second-order valence-electron chi connectivity index (χ2n) is 14.5. The van der Waals surface area contributed by atoms with Gasteiger partial charge in [-0.2, -0.15) is 4.57 Å². The Morgan fingerprint density at radius 3 is 1.83 bits per heavy atom. The van der Waals surface area contributed by atoms with Gasteiger partial charge >= 0.3 is 0 Å². The van der Waals surface area contributed by atoms with E-state index in [9.17, 15) is 9.59 Å². The summed E-state index contributed by atoms with van der Waals surface area (Å²) in [4.78, 5) is 31.4. The number of nitrogens with zero attached hydrogens (tertiary/aromatic N) is 4. The Labute approximate surface area is 311 Å². The molecule has 0 aliphatic carbocycles. The zero-order valence-electron chi connectivity index (χ0n) is 31.9. The summed E-state index contributed by atoms with van der Waals surface area (Å²) in [5.41, 5.74) is 8.31. The van der Waals surface area contributed by atoms with Crippen molar-refractivity contribution >= 4 is 56.3 Å². The topological polar surface area (TPSA) is 71.8 Å². The number of nitrogens with one attached hydrogen (secondary N) is 2. The van der Waals surface area contributed by atoms with Crippen LogP contribution >= 0.6 is 0 Å². The summed E-state index contributed by atoms with van der Waals surface area (Å²) in [6.07, 6.45) is 14.0. The number of allylic oxidation sites excluding steroid dienone is 2. The van der Waals surface area contributed by atoms with Gasteiger partial charge < -0.3 is 25.3 Å². The van der Waals surface area contributed by atoms with Crippen LogP contribution < -0.4 is 29.9 Å². The highest BCUT2D eigenvalue weighted by Crippen LogP contribution is 2.32. The summed E-state index contributed by atoms with van der Waals surface area (Å²) in [5.74, 6) is 0.269. The molecule has 0 radical (unpaired) electrons. The van der Waals surface area contributed by atoms with Gasteiger partial charge in [-0.15, -0.1) is 0 Å². The zero-order valence-corrected chi connectivity index (χ0v) is 31.9. The number of hydrogen-bond acceptors (Lipinski definition) is 5. The van der Waals surface area contributed by atoms with Crippen molar-refractivity contribution in [3.05, 3.63) is 91.1 Å². The van der Waals surface area contributed by atoms with Gasteiger partial charge in [0.2, 0.25) is 22.8 Å². The molecule has 8 nitrogen and oxygen atoms in total. The van der Waals surface area contributed by atoms with Crippen molar-refractivity contribution in [1.29, 1.82) is 0 Å². The van der Waals surface area contributed by atoms with E-state index in [1.54, 1.807) is 0 Å². The van der Waals surface area contributed by atoms with Crippen LogP contribution in [0.1, 0.15) is 76.2 Å². The van der Waals surface area contributed by atoms with Crippen LogP contribution in [-0.4, -0.2) is 59.6 Å². The van der Waals surface area contributed by atoms with Crippen LogP contribution in [0.25, 0.3) is 27.4 Å². The Bertz CT molecular complexity index is 1800. The molecule has 1 aromatic heterocycles. The lowest BCUT2D eigenvalue weighted by Gasteiger charge is -2.27. The molecule has 0 saturated carbocycles. The fourth-order valence-corrected chi connectivity index (χ4v) is 6.95. The number of aryl methyl sites for hydroxylation is 1. The van der Waals surface area contributed by atoms with Crippen molar-refractivity contribution in [2.45, 2.75) is 77.2 Å². The second-order valence-corrected chi connectivity index (χ2v) is 14.5. The van der Waals surface area contributed by atoms with Crippen molar-refractivity contribution in [3.63, 3.8) is 0 Å². The highest BCUT2D eigenvalue weighted by atomic mass is 16.2. The van der Waals surface area contributed by atoms with Crippen molar-refractivity contribution in [2.75, 3.05) is 62.5 Å². The van der Waals surface area contributed by atoms with Gasteiger partial charge in [-0.1, -0.05) is 31.2 Å². The maximum Gasteiger partial charge on any atom is 0.219 e. The number of pyridine rings is 1. The molecule has 5 rings (SSSR count). The van der Waals surface area contributed by atoms with Crippen molar-refractivity contribution < 1.29 is 14.2 Å². The highest BCUT2D eigenvalue weighted by molar-refractivity contribution is 5.91. The minimum atomic E-state index is 0.133. The van der Waals surface area contributed by atoms with Gasteiger partial charge in [0.05, 0.1) is 0 Å². The maximum absolute atomic E-state index is 12.5. The lowest BCUT2D eigenvalue weighted by molar-refractivity contribution is -0.645. The van der Waals surface area contributed by atoms with Gasteiger partial charge in [-0.25, -0.2) is 0 Å². The highest BCUT2D eigenvalue weighted by Gasteiger charge is 2.18. The standard InChI is InChI=1S/C44H58N6O2/c1-34-25-30-49(40-18-12-11-17-39(34)40)28-15-6-9-19-43(51)45-26-13-8-14-27-46-44(52)20-10-7-16-29-50-41-32-37(47(2)3)23-21-35(41)31-36-22-24-38(48(4)5)33-42(36)50/h11-12,17-18,21-25,30-33H,1,6-10,13-16,19-20,26-29H2,2-5H3,(H-,45,46,51,52)/p+1. The lowest BCUT2D eigenvalue weighted by atomic mass is 10.0. The number of amides is 2. The molecule has 4 aromatic rings. The molecular weight excluding hydrogens is 645 g/mol. The molecule has 0 spiro atoms. The molecule has 0 unspecified atom stereocenters. The Morgan fingerprint density at radius 2 is 1.23 bits per heavy atom. The van der Waals surface area contributed by atoms with Crippen LogP contribution in [0.2, 0.25) is 0 Å². The van der Waals surface area contributed by atoms with E-state index in [0.29, 0.717) is 25.9 Å². The molecule has 2 N–H and O–H groups in total. The van der Waals surface area contributed by atoms with Gasteiger partial charge in [-0.05, 0) is 93.0 Å². The summed E-state index contributed by atoms with van der Waals surface area (Å²) in [7, 11) is 8.33. The van der Waals surface area contributed by atoms with E-state index in [-0.39, 0.29) is 11.8 Å². The van der Waals surface area contributed by atoms with Gasteiger partial charge in [-0.3, -0.25) is 9.59 Å². The van der Waals surface area contributed by atoms with Crippen LogP contribution in [0.4, 0.5) is 17.1 Å². The Morgan fingerprint density at radius 1 is 0.673 bits per heavy atom. The molecule has 1 aliphatic rings. The molecule has 0 fully saturated rings. The fraction of sp³-hybridized carbons (Fsp3) is 0.432. The summed E-state index contributed by atoms with van der Waals surface area (Å²) in [5, 5.41) is 8.64. The minimum Gasteiger partial charge on any atom is -0.377 e. The quantitative estimate of drug-likeness (QED) is 0.0555. The molecule has 2 amide bonds. The molecule has 8 heteroatoms. The van der Waals surface area contributed by atoms with Gasteiger partial charge in [0.25, 0.3) is 0 Å². The van der Waals surface area contributed by atoms with Crippen LogP contribution in [-0.2, 0) is 16.1 Å². The summed E-state index contributed by atoms with van der Waals surface area (Å²) in [6, 6.07) is 24.0. The largest absolute Gasteiger partial charge is 0.377 e. The summed E-state index contributed by atoms with van der Waals surface area (Å²) >= 11 is 0.